The highest BCUT2D eigenvalue weighted by Gasteiger charge is 2.45. The van der Waals surface area contributed by atoms with Gasteiger partial charge in [0.05, 0.1) is 14.0 Å². The molecule has 0 spiro atoms. The molecule has 1 fully saturated rings. The second-order valence-corrected chi connectivity index (χ2v) is 10.6. The summed E-state index contributed by atoms with van der Waals surface area (Å²) in [4.78, 5) is 13.7. The van der Waals surface area contributed by atoms with E-state index in [-0.39, 0.29) is 5.92 Å². The number of hydrogen-bond donors (Lipinski definition) is 0. The molecule has 0 unspecified atom stereocenters. The largest absolute Gasteiger partial charge is 0.345 e. The minimum Gasteiger partial charge on any atom is -0.345 e. The Bertz CT molecular complexity index is 415. The SMILES string of the molecule is C[C@@H]([C@@H]1CN(C)C1=O)[Si](C)(C)c1ccccc1. The van der Waals surface area contributed by atoms with Gasteiger partial charge in [-0.3, -0.25) is 4.79 Å². The molecule has 17 heavy (non-hydrogen) atoms. The van der Waals surface area contributed by atoms with E-state index in [0.717, 1.165) is 6.54 Å². The zero-order valence-corrected chi connectivity index (χ0v) is 12.1. The fourth-order valence-corrected chi connectivity index (χ4v) is 5.47. The molecule has 0 saturated carbocycles. The van der Waals surface area contributed by atoms with Crippen LogP contribution < -0.4 is 5.19 Å². The molecular formula is C14H21NOSi. The van der Waals surface area contributed by atoms with Crippen LogP contribution in [-0.4, -0.2) is 32.5 Å². The van der Waals surface area contributed by atoms with Crippen molar-refractivity contribution in [2.24, 2.45) is 5.92 Å². The van der Waals surface area contributed by atoms with Crippen molar-refractivity contribution < 1.29 is 4.79 Å². The van der Waals surface area contributed by atoms with Crippen LogP contribution in [0.1, 0.15) is 6.92 Å². The first-order chi connectivity index (χ1) is 7.94. The fraction of sp³-hybridized carbons (Fsp3) is 0.500. The molecule has 1 aliphatic rings. The first-order valence-electron chi connectivity index (χ1n) is 6.25. The van der Waals surface area contributed by atoms with Crippen molar-refractivity contribution in [3.8, 4) is 0 Å². The fourth-order valence-electron chi connectivity index (χ4n) is 2.64. The lowest BCUT2D eigenvalue weighted by molar-refractivity contribution is -0.145. The van der Waals surface area contributed by atoms with E-state index in [2.05, 4.69) is 50.3 Å². The first-order valence-corrected chi connectivity index (χ1v) is 9.33. The monoisotopic (exact) mass is 247 g/mol. The Morgan fingerprint density at radius 3 is 2.35 bits per heavy atom. The molecule has 1 aromatic rings. The van der Waals surface area contributed by atoms with Gasteiger partial charge in [-0.15, -0.1) is 0 Å². The van der Waals surface area contributed by atoms with E-state index in [1.54, 1.807) is 0 Å². The quantitative estimate of drug-likeness (QED) is 0.591. The second kappa shape index (κ2) is 4.30. The van der Waals surface area contributed by atoms with Gasteiger partial charge in [0.1, 0.15) is 0 Å². The summed E-state index contributed by atoms with van der Waals surface area (Å²) >= 11 is 0. The van der Waals surface area contributed by atoms with E-state index in [1.807, 2.05) is 11.9 Å². The number of β-lactam (4-membered cyclic amide) rings is 1. The van der Waals surface area contributed by atoms with Gasteiger partial charge in [0.25, 0.3) is 0 Å². The van der Waals surface area contributed by atoms with Crippen LogP contribution in [0.3, 0.4) is 0 Å². The summed E-state index contributed by atoms with van der Waals surface area (Å²) in [6.45, 7) is 7.94. The molecule has 92 valence electrons. The third-order valence-electron chi connectivity index (χ3n) is 4.42. The van der Waals surface area contributed by atoms with Crippen LogP contribution in [0.4, 0.5) is 0 Å². The summed E-state index contributed by atoms with van der Waals surface area (Å²) in [6.07, 6.45) is 0. The topological polar surface area (TPSA) is 20.3 Å². The van der Waals surface area contributed by atoms with E-state index in [4.69, 9.17) is 0 Å². The van der Waals surface area contributed by atoms with Crippen LogP contribution in [-0.2, 0) is 4.79 Å². The molecule has 2 nitrogen and oxygen atoms in total. The molecular weight excluding hydrogens is 226 g/mol. The lowest BCUT2D eigenvalue weighted by Crippen LogP contribution is -2.58. The average molecular weight is 247 g/mol. The van der Waals surface area contributed by atoms with E-state index < -0.39 is 8.07 Å². The van der Waals surface area contributed by atoms with Crippen LogP contribution >= 0.6 is 0 Å². The predicted octanol–water partition coefficient (Wildman–Crippen LogP) is 2.08. The van der Waals surface area contributed by atoms with E-state index in [0.29, 0.717) is 11.4 Å². The minimum atomic E-state index is -1.53. The number of amides is 1. The number of nitrogens with zero attached hydrogens (tertiary/aromatic N) is 1. The lowest BCUT2D eigenvalue weighted by Gasteiger charge is -2.44. The zero-order valence-electron chi connectivity index (χ0n) is 11.1. The third kappa shape index (κ3) is 2.04. The molecule has 0 aliphatic carbocycles. The molecule has 1 amide bonds. The van der Waals surface area contributed by atoms with Crippen LogP contribution in [0.15, 0.2) is 30.3 Å². The number of hydrogen-bond acceptors (Lipinski definition) is 1. The Kier molecular flexibility index (Phi) is 3.12. The van der Waals surface area contributed by atoms with Gasteiger partial charge in [0.15, 0.2) is 0 Å². The highest BCUT2D eigenvalue weighted by atomic mass is 28.3. The van der Waals surface area contributed by atoms with Crippen LogP contribution in [0.5, 0.6) is 0 Å². The highest BCUT2D eigenvalue weighted by molar-refractivity contribution is 6.91. The van der Waals surface area contributed by atoms with E-state index >= 15 is 0 Å². The van der Waals surface area contributed by atoms with Gasteiger partial charge < -0.3 is 4.90 Å². The Morgan fingerprint density at radius 2 is 1.88 bits per heavy atom. The zero-order chi connectivity index (χ0) is 12.6. The van der Waals surface area contributed by atoms with Crippen LogP contribution in [0.2, 0.25) is 18.6 Å². The van der Waals surface area contributed by atoms with Crippen molar-refractivity contribution >= 4 is 19.2 Å². The van der Waals surface area contributed by atoms with Crippen LogP contribution in [0.25, 0.3) is 0 Å². The summed E-state index contributed by atoms with van der Waals surface area (Å²) in [5, 5.41) is 1.45. The van der Waals surface area contributed by atoms with Gasteiger partial charge in [0, 0.05) is 13.6 Å². The maximum absolute atomic E-state index is 11.8. The van der Waals surface area contributed by atoms with Gasteiger partial charge in [0.2, 0.25) is 5.91 Å². The van der Waals surface area contributed by atoms with Crippen molar-refractivity contribution in [1.82, 2.24) is 4.90 Å². The normalized spacial score (nSPS) is 22.2. The minimum absolute atomic E-state index is 0.252. The summed E-state index contributed by atoms with van der Waals surface area (Å²) in [5.74, 6) is 0.580. The Hall–Kier alpha value is -1.09. The predicted molar refractivity (Wildman–Crippen MR) is 74.1 cm³/mol. The smallest absolute Gasteiger partial charge is 0.227 e. The summed E-state index contributed by atoms with van der Waals surface area (Å²) in [5.41, 5.74) is 0.508. The molecule has 1 aromatic carbocycles. The second-order valence-electron chi connectivity index (χ2n) is 5.70. The highest BCUT2D eigenvalue weighted by Crippen LogP contribution is 2.35. The lowest BCUT2D eigenvalue weighted by atomic mass is 9.96. The maximum atomic E-state index is 11.8. The van der Waals surface area contributed by atoms with Crippen molar-refractivity contribution in [1.29, 1.82) is 0 Å². The van der Waals surface area contributed by atoms with E-state index in [1.165, 1.54) is 5.19 Å². The molecule has 1 aliphatic heterocycles. The first kappa shape index (κ1) is 12.4. The Labute approximate surface area is 105 Å². The molecule has 2 atom stereocenters. The maximum Gasteiger partial charge on any atom is 0.227 e. The van der Waals surface area contributed by atoms with Crippen LogP contribution in [0, 0.1) is 5.92 Å². The van der Waals surface area contributed by atoms with Crippen molar-refractivity contribution in [3.63, 3.8) is 0 Å². The van der Waals surface area contributed by atoms with Crippen molar-refractivity contribution in [2.45, 2.75) is 25.6 Å². The number of carbonyl (C=O) groups is 1. The molecule has 2 rings (SSSR count). The average Bonchev–Trinajstić information content (AvgIpc) is 2.35. The number of likely N-dealkylation sites (tertiary alicyclic amines) is 1. The molecule has 1 saturated heterocycles. The van der Waals surface area contributed by atoms with Gasteiger partial charge in [-0.2, -0.15) is 0 Å². The molecule has 0 N–H and O–H groups in total. The Morgan fingerprint density at radius 1 is 1.29 bits per heavy atom. The molecule has 0 bridgehead atoms. The number of benzene rings is 1. The summed E-state index contributed by atoms with van der Waals surface area (Å²) in [7, 11) is 0.357. The van der Waals surface area contributed by atoms with Gasteiger partial charge in [-0.25, -0.2) is 0 Å². The standard InChI is InChI=1S/C14H21NOSi/c1-11(13-10-15(2)14(13)16)17(3,4)12-8-6-5-7-9-12/h5-9,11,13H,10H2,1-4H3/t11-,13-/m0/s1. The molecule has 3 heteroatoms. The van der Waals surface area contributed by atoms with Crippen molar-refractivity contribution in [3.05, 3.63) is 30.3 Å². The molecule has 0 radical (unpaired) electrons. The van der Waals surface area contributed by atoms with Gasteiger partial charge in [-0.1, -0.05) is 55.5 Å². The summed E-state index contributed by atoms with van der Waals surface area (Å²) in [6, 6.07) is 10.7. The Balaban J connectivity index is 2.19. The van der Waals surface area contributed by atoms with Gasteiger partial charge >= 0.3 is 0 Å². The molecule has 0 aromatic heterocycles. The number of rotatable bonds is 3. The molecule has 1 heterocycles. The van der Waals surface area contributed by atoms with Crippen molar-refractivity contribution in [2.75, 3.05) is 13.6 Å². The summed E-state index contributed by atoms with van der Waals surface area (Å²) < 4.78 is 0. The number of carbonyl (C=O) groups excluding carboxylic acids is 1. The van der Waals surface area contributed by atoms with E-state index in [9.17, 15) is 4.79 Å². The van der Waals surface area contributed by atoms with Gasteiger partial charge in [-0.05, 0) is 5.54 Å². The third-order valence-corrected chi connectivity index (χ3v) is 8.92.